The topological polar surface area (TPSA) is 52.9 Å². The Kier molecular flexibility index (Phi) is 6.24. The van der Waals surface area contributed by atoms with E-state index in [0.29, 0.717) is 12.8 Å². The molecule has 0 aromatic carbocycles. The van der Waals surface area contributed by atoms with Crippen molar-refractivity contribution >= 4 is 5.91 Å². The van der Waals surface area contributed by atoms with Crippen LogP contribution >= 0.6 is 0 Å². The van der Waals surface area contributed by atoms with Gasteiger partial charge in [0.25, 0.3) is 0 Å². The number of hydrogen-bond donors (Lipinski definition) is 1. The Morgan fingerprint density at radius 2 is 2.14 bits per heavy atom. The molecule has 76 valence electrons. The van der Waals surface area contributed by atoms with E-state index in [2.05, 4.69) is 11.2 Å². The van der Waals surface area contributed by atoms with E-state index in [1.165, 1.54) is 0 Å². The summed E-state index contributed by atoms with van der Waals surface area (Å²) in [5.41, 5.74) is 0. The first kappa shape index (κ1) is 12.5. The number of amides is 1. The maximum absolute atomic E-state index is 11.4. The molecule has 0 aromatic rings. The van der Waals surface area contributed by atoms with Gasteiger partial charge in [-0.3, -0.25) is 4.79 Å². The van der Waals surface area contributed by atoms with Gasteiger partial charge in [-0.05, 0) is 12.8 Å². The van der Waals surface area contributed by atoms with E-state index in [-0.39, 0.29) is 11.9 Å². The van der Waals surface area contributed by atoms with E-state index < -0.39 is 5.92 Å². The largest absolute Gasteiger partial charge is 0.351 e. The van der Waals surface area contributed by atoms with Crippen molar-refractivity contribution in [2.45, 2.75) is 39.2 Å². The van der Waals surface area contributed by atoms with Gasteiger partial charge < -0.3 is 5.32 Å². The Morgan fingerprint density at radius 1 is 1.50 bits per heavy atom. The maximum atomic E-state index is 11.4. The molecule has 0 rings (SSSR count). The SMILES string of the molecule is C#CCC(CC)NC(=O)C(C#N)CC. The van der Waals surface area contributed by atoms with Crippen LogP contribution in [0.2, 0.25) is 0 Å². The fourth-order valence-electron chi connectivity index (χ4n) is 1.08. The normalized spacial score (nSPS) is 13.4. The number of nitrogens with zero attached hydrogens (tertiary/aromatic N) is 1. The Labute approximate surface area is 85.5 Å². The highest BCUT2D eigenvalue weighted by molar-refractivity contribution is 5.81. The minimum atomic E-state index is -0.554. The fraction of sp³-hybridized carbons (Fsp3) is 0.636. The summed E-state index contributed by atoms with van der Waals surface area (Å²) in [6.45, 7) is 3.77. The molecule has 0 saturated heterocycles. The molecule has 0 fully saturated rings. The number of rotatable bonds is 5. The summed E-state index contributed by atoms with van der Waals surface area (Å²) in [5, 5.41) is 11.4. The lowest BCUT2D eigenvalue weighted by atomic mass is 10.1. The second-order valence-electron chi connectivity index (χ2n) is 3.11. The van der Waals surface area contributed by atoms with Crippen LogP contribution in [0.25, 0.3) is 0 Å². The van der Waals surface area contributed by atoms with Crippen LogP contribution in [-0.4, -0.2) is 11.9 Å². The van der Waals surface area contributed by atoms with Gasteiger partial charge in [-0.1, -0.05) is 13.8 Å². The Hall–Kier alpha value is -1.48. The number of hydrogen-bond acceptors (Lipinski definition) is 2. The third kappa shape index (κ3) is 3.96. The lowest BCUT2D eigenvalue weighted by Crippen LogP contribution is -2.37. The van der Waals surface area contributed by atoms with Crippen LogP contribution in [0, 0.1) is 29.6 Å². The molecule has 3 nitrogen and oxygen atoms in total. The zero-order chi connectivity index (χ0) is 11.0. The first-order valence-electron chi connectivity index (χ1n) is 4.82. The quantitative estimate of drug-likeness (QED) is 0.670. The summed E-state index contributed by atoms with van der Waals surface area (Å²) in [6, 6.07) is 1.95. The number of terminal acetylenes is 1. The van der Waals surface area contributed by atoms with E-state index in [1.54, 1.807) is 0 Å². The molecule has 2 unspecified atom stereocenters. The lowest BCUT2D eigenvalue weighted by molar-refractivity contribution is -0.124. The molecule has 14 heavy (non-hydrogen) atoms. The summed E-state index contributed by atoms with van der Waals surface area (Å²) in [6.07, 6.45) is 7.00. The summed E-state index contributed by atoms with van der Waals surface area (Å²) >= 11 is 0. The van der Waals surface area contributed by atoms with Crippen molar-refractivity contribution in [2.24, 2.45) is 5.92 Å². The van der Waals surface area contributed by atoms with Crippen LogP contribution in [0.15, 0.2) is 0 Å². The minimum absolute atomic E-state index is 0.00472. The Morgan fingerprint density at radius 3 is 2.50 bits per heavy atom. The smallest absolute Gasteiger partial charge is 0.237 e. The molecular weight excluding hydrogens is 176 g/mol. The third-order valence-electron chi connectivity index (χ3n) is 2.08. The monoisotopic (exact) mass is 192 g/mol. The molecular formula is C11H16N2O. The van der Waals surface area contributed by atoms with Crippen LogP contribution in [0.4, 0.5) is 0 Å². The highest BCUT2D eigenvalue weighted by atomic mass is 16.1. The van der Waals surface area contributed by atoms with Gasteiger partial charge >= 0.3 is 0 Å². The van der Waals surface area contributed by atoms with E-state index in [1.807, 2.05) is 19.9 Å². The zero-order valence-corrected chi connectivity index (χ0v) is 8.71. The molecule has 0 radical (unpaired) electrons. The molecule has 0 spiro atoms. The van der Waals surface area contributed by atoms with Crippen molar-refractivity contribution in [2.75, 3.05) is 0 Å². The van der Waals surface area contributed by atoms with Gasteiger partial charge in [0.15, 0.2) is 0 Å². The highest BCUT2D eigenvalue weighted by Gasteiger charge is 2.17. The zero-order valence-electron chi connectivity index (χ0n) is 8.71. The molecule has 0 heterocycles. The summed E-state index contributed by atoms with van der Waals surface area (Å²) < 4.78 is 0. The average Bonchev–Trinajstić information content (AvgIpc) is 2.19. The van der Waals surface area contributed by atoms with Gasteiger partial charge in [0.2, 0.25) is 5.91 Å². The molecule has 1 amide bonds. The molecule has 0 aliphatic carbocycles. The summed E-state index contributed by atoms with van der Waals surface area (Å²) in [5.74, 6) is 1.74. The number of carbonyl (C=O) groups excluding carboxylic acids is 1. The molecule has 0 bridgehead atoms. The molecule has 3 heteroatoms. The van der Waals surface area contributed by atoms with Crippen molar-refractivity contribution in [1.29, 1.82) is 5.26 Å². The first-order valence-corrected chi connectivity index (χ1v) is 4.82. The van der Waals surface area contributed by atoms with Crippen LogP contribution in [0.5, 0.6) is 0 Å². The van der Waals surface area contributed by atoms with E-state index in [0.717, 1.165) is 6.42 Å². The number of carbonyl (C=O) groups is 1. The lowest BCUT2D eigenvalue weighted by Gasteiger charge is -2.15. The van der Waals surface area contributed by atoms with E-state index in [9.17, 15) is 4.79 Å². The van der Waals surface area contributed by atoms with Crippen LogP contribution < -0.4 is 5.32 Å². The standard InChI is InChI=1S/C11H16N2O/c1-4-7-10(6-3)13-11(14)9(5-2)8-12/h1,9-10H,5-7H2,2-3H3,(H,13,14). The Balaban J connectivity index is 4.16. The van der Waals surface area contributed by atoms with Crippen LogP contribution in [0.3, 0.4) is 0 Å². The van der Waals surface area contributed by atoms with Crippen molar-refractivity contribution in [3.8, 4) is 18.4 Å². The van der Waals surface area contributed by atoms with Crippen molar-refractivity contribution in [3.05, 3.63) is 0 Å². The molecule has 0 saturated carbocycles. The highest BCUT2D eigenvalue weighted by Crippen LogP contribution is 2.03. The number of nitrogens with one attached hydrogen (secondary N) is 1. The van der Waals surface area contributed by atoms with Gasteiger partial charge in [0.05, 0.1) is 6.07 Å². The maximum Gasteiger partial charge on any atom is 0.237 e. The van der Waals surface area contributed by atoms with Crippen molar-refractivity contribution in [1.82, 2.24) is 5.32 Å². The molecule has 0 aromatic heterocycles. The molecule has 0 aliphatic heterocycles. The predicted molar refractivity (Wildman–Crippen MR) is 55.1 cm³/mol. The number of nitriles is 1. The second kappa shape index (κ2) is 6.97. The van der Waals surface area contributed by atoms with E-state index >= 15 is 0 Å². The summed E-state index contributed by atoms with van der Waals surface area (Å²) in [7, 11) is 0. The molecule has 1 N–H and O–H groups in total. The van der Waals surface area contributed by atoms with Crippen molar-refractivity contribution in [3.63, 3.8) is 0 Å². The van der Waals surface area contributed by atoms with Gasteiger partial charge in [-0.15, -0.1) is 12.3 Å². The van der Waals surface area contributed by atoms with Gasteiger partial charge in [0, 0.05) is 12.5 Å². The predicted octanol–water partition coefficient (Wildman–Crippen LogP) is 1.45. The van der Waals surface area contributed by atoms with Gasteiger partial charge in [-0.2, -0.15) is 5.26 Å². The van der Waals surface area contributed by atoms with Crippen LogP contribution in [0.1, 0.15) is 33.1 Å². The average molecular weight is 192 g/mol. The van der Waals surface area contributed by atoms with E-state index in [4.69, 9.17) is 11.7 Å². The third-order valence-corrected chi connectivity index (χ3v) is 2.08. The second-order valence-corrected chi connectivity index (χ2v) is 3.11. The first-order chi connectivity index (χ1) is 6.69. The van der Waals surface area contributed by atoms with Gasteiger partial charge in [0.1, 0.15) is 5.92 Å². The fourth-order valence-corrected chi connectivity index (χ4v) is 1.08. The van der Waals surface area contributed by atoms with Gasteiger partial charge in [-0.25, -0.2) is 0 Å². The summed E-state index contributed by atoms with van der Waals surface area (Å²) in [4.78, 5) is 11.4. The molecule has 0 aliphatic rings. The van der Waals surface area contributed by atoms with Crippen molar-refractivity contribution < 1.29 is 4.79 Å². The minimum Gasteiger partial charge on any atom is -0.351 e. The Bertz CT molecular complexity index is 259. The van der Waals surface area contributed by atoms with Crippen LogP contribution in [-0.2, 0) is 4.79 Å². The molecule has 2 atom stereocenters.